The molecular weight excluding hydrogens is 428 g/mol. The van der Waals surface area contributed by atoms with Crippen molar-refractivity contribution in [1.29, 1.82) is 0 Å². The van der Waals surface area contributed by atoms with Crippen LogP contribution in [0.4, 0.5) is 0 Å². The van der Waals surface area contributed by atoms with Gasteiger partial charge < -0.3 is 0 Å². The zero-order chi connectivity index (χ0) is 9.59. The Labute approximate surface area is 112 Å². The van der Waals surface area contributed by atoms with Crippen LogP contribution in [-0.4, -0.2) is 20.3 Å². The molecule has 1 fully saturated rings. The van der Waals surface area contributed by atoms with Crippen LogP contribution in [0.3, 0.4) is 0 Å². The zero-order valence-corrected chi connectivity index (χ0v) is 13.3. The highest BCUT2D eigenvalue weighted by Crippen LogP contribution is 2.55. The number of hydrogen-bond acceptors (Lipinski definition) is 0. The summed E-state index contributed by atoms with van der Waals surface area (Å²) in [5, 5.41) is 2.07. The highest BCUT2D eigenvalue weighted by molar-refractivity contribution is 9.10. The Bertz CT molecular complexity index is 248. The van der Waals surface area contributed by atoms with Crippen molar-refractivity contribution in [2.24, 2.45) is 11.8 Å². The first kappa shape index (κ1) is 11.2. The molecule has 0 aromatic heterocycles. The van der Waals surface area contributed by atoms with Gasteiger partial charge in [0, 0.05) is 26.2 Å². The molecule has 0 spiro atoms. The summed E-state index contributed by atoms with van der Waals surface area (Å²) in [5.74, 6) is 1.46. The van der Waals surface area contributed by atoms with Crippen molar-refractivity contribution in [2.75, 3.05) is 10.7 Å². The van der Waals surface area contributed by atoms with Gasteiger partial charge in [-0.2, -0.15) is 0 Å². The molecule has 0 radical (unpaired) electrons. The second kappa shape index (κ2) is 4.26. The summed E-state index contributed by atoms with van der Waals surface area (Å²) in [6.45, 7) is 0. The lowest BCUT2D eigenvalue weighted by Crippen LogP contribution is -2.16. The number of halogens is 4. The van der Waals surface area contributed by atoms with Gasteiger partial charge >= 0.3 is 0 Å². The van der Waals surface area contributed by atoms with Gasteiger partial charge in [0.15, 0.2) is 0 Å². The predicted octanol–water partition coefficient (Wildman–Crippen LogP) is 4.25. The highest BCUT2D eigenvalue weighted by atomic mass is 79.9. The van der Waals surface area contributed by atoms with Gasteiger partial charge in [0.2, 0.25) is 0 Å². The van der Waals surface area contributed by atoms with Crippen LogP contribution in [0.2, 0.25) is 0 Å². The third-order valence-corrected chi connectivity index (χ3v) is 6.51. The molecule has 0 N–H and O–H groups in total. The predicted molar refractivity (Wildman–Crippen MR) is 71.6 cm³/mol. The number of rotatable bonds is 2. The van der Waals surface area contributed by atoms with E-state index in [1.54, 1.807) is 11.1 Å². The van der Waals surface area contributed by atoms with Crippen LogP contribution in [0.25, 0.3) is 0 Å². The molecular formula is C9H10Br4. The molecule has 0 saturated heterocycles. The third-order valence-electron chi connectivity index (χ3n) is 3.15. The first-order valence-electron chi connectivity index (χ1n) is 4.32. The molecule has 0 nitrogen and oxygen atoms in total. The van der Waals surface area contributed by atoms with E-state index < -0.39 is 0 Å². The largest absolute Gasteiger partial charge is 0.0883 e. The number of fused-ring (bicyclic) bond motifs is 2. The van der Waals surface area contributed by atoms with E-state index in [9.17, 15) is 0 Å². The molecule has 0 aromatic rings. The van der Waals surface area contributed by atoms with Crippen LogP contribution < -0.4 is 0 Å². The molecule has 0 aliphatic heterocycles. The number of alkyl halides is 4. The fraction of sp³-hybridized carbons (Fsp3) is 0.778. The van der Waals surface area contributed by atoms with Crippen LogP contribution in [0, 0.1) is 11.8 Å². The summed E-state index contributed by atoms with van der Waals surface area (Å²) < 4.78 is 0. The van der Waals surface area contributed by atoms with Gasteiger partial charge in [-0.25, -0.2) is 0 Å². The zero-order valence-electron chi connectivity index (χ0n) is 6.94. The summed E-state index contributed by atoms with van der Waals surface area (Å²) in [6.07, 6.45) is 1.29. The van der Waals surface area contributed by atoms with Crippen molar-refractivity contribution < 1.29 is 0 Å². The Kier molecular flexibility index (Phi) is 3.66. The topological polar surface area (TPSA) is 0 Å². The summed E-state index contributed by atoms with van der Waals surface area (Å²) in [5.41, 5.74) is 3.23. The molecule has 2 rings (SSSR count). The SMILES string of the molecule is BrCC1=C(CBr)[C@H]2C[C@H](Br)[C@@H]1[C@@H]2Br. The van der Waals surface area contributed by atoms with E-state index in [0.29, 0.717) is 15.6 Å². The Morgan fingerprint density at radius 1 is 1.08 bits per heavy atom. The molecule has 0 heterocycles. The second-order valence-electron chi connectivity index (χ2n) is 3.65. The first-order chi connectivity index (χ1) is 6.20. The maximum atomic E-state index is 3.82. The Hall–Kier alpha value is 1.66. The van der Waals surface area contributed by atoms with Gasteiger partial charge in [0.05, 0.1) is 0 Å². The lowest BCUT2D eigenvalue weighted by Gasteiger charge is -2.21. The normalized spacial score (nSPS) is 43.4. The fourth-order valence-electron chi connectivity index (χ4n) is 2.53. The average Bonchev–Trinajstić information content (AvgIpc) is 2.54. The van der Waals surface area contributed by atoms with E-state index in [1.165, 1.54) is 6.42 Å². The van der Waals surface area contributed by atoms with Crippen molar-refractivity contribution in [3.05, 3.63) is 11.1 Å². The molecule has 0 unspecified atom stereocenters. The minimum absolute atomic E-state index is 0.664. The molecule has 0 amide bonds. The summed E-state index contributed by atoms with van der Waals surface area (Å²) >= 11 is 14.8. The van der Waals surface area contributed by atoms with E-state index in [4.69, 9.17) is 0 Å². The van der Waals surface area contributed by atoms with Crippen molar-refractivity contribution >= 4 is 63.7 Å². The minimum atomic E-state index is 0.664. The molecule has 1 saturated carbocycles. The van der Waals surface area contributed by atoms with Gasteiger partial charge in [-0.1, -0.05) is 74.9 Å². The third kappa shape index (κ3) is 1.64. The Morgan fingerprint density at radius 3 is 2.23 bits per heavy atom. The minimum Gasteiger partial charge on any atom is -0.0883 e. The summed E-state index contributed by atoms with van der Waals surface area (Å²) in [4.78, 5) is 1.34. The second-order valence-corrected chi connectivity index (χ2v) is 7.00. The standard InChI is InChI=1S/C9H10Br4/c10-2-5-4-1-7(12)8(9(4)13)6(5)3-11/h4,7-9H,1-3H2/t4-,7+,8-,9-/m1/s1. The maximum absolute atomic E-state index is 3.82. The summed E-state index contributed by atoms with van der Waals surface area (Å²) in [6, 6.07) is 0. The van der Waals surface area contributed by atoms with E-state index in [2.05, 4.69) is 63.7 Å². The number of allylic oxidation sites excluding steroid dienone is 2. The fourth-order valence-corrected chi connectivity index (χ4v) is 6.72. The molecule has 2 aliphatic carbocycles. The van der Waals surface area contributed by atoms with Crippen LogP contribution in [0.1, 0.15) is 6.42 Å². The van der Waals surface area contributed by atoms with Crippen molar-refractivity contribution in [2.45, 2.75) is 16.1 Å². The van der Waals surface area contributed by atoms with E-state index in [-0.39, 0.29) is 0 Å². The Morgan fingerprint density at radius 2 is 1.69 bits per heavy atom. The Balaban J connectivity index is 2.35. The van der Waals surface area contributed by atoms with Crippen molar-refractivity contribution in [3.8, 4) is 0 Å². The van der Waals surface area contributed by atoms with Crippen LogP contribution >= 0.6 is 63.7 Å². The molecule has 4 heteroatoms. The highest BCUT2D eigenvalue weighted by Gasteiger charge is 2.49. The smallest absolute Gasteiger partial charge is 0.0288 e. The number of hydrogen-bond donors (Lipinski definition) is 0. The maximum Gasteiger partial charge on any atom is 0.0288 e. The van der Waals surface area contributed by atoms with Crippen LogP contribution in [0.5, 0.6) is 0 Å². The molecule has 13 heavy (non-hydrogen) atoms. The van der Waals surface area contributed by atoms with Gasteiger partial charge in [0.25, 0.3) is 0 Å². The van der Waals surface area contributed by atoms with Gasteiger partial charge in [-0.05, 0) is 12.3 Å². The monoisotopic (exact) mass is 434 g/mol. The van der Waals surface area contributed by atoms with Crippen LogP contribution in [0.15, 0.2) is 11.1 Å². The molecule has 4 atom stereocenters. The van der Waals surface area contributed by atoms with Crippen LogP contribution in [-0.2, 0) is 0 Å². The molecule has 2 aliphatic rings. The lowest BCUT2D eigenvalue weighted by molar-refractivity contribution is 0.675. The van der Waals surface area contributed by atoms with Gasteiger partial charge in [-0.15, -0.1) is 0 Å². The van der Waals surface area contributed by atoms with E-state index in [1.807, 2.05) is 0 Å². The van der Waals surface area contributed by atoms with E-state index >= 15 is 0 Å². The molecule has 2 bridgehead atoms. The van der Waals surface area contributed by atoms with Gasteiger partial charge in [0.1, 0.15) is 0 Å². The van der Waals surface area contributed by atoms with Gasteiger partial charge in [-0.3, -0.25) is 0 Å². The molecule has 74 valence electrons. The van der Waals surface area contributed by atoms with Crippen molar-refractivity contribution in [1.82, 2.24) is 0 Å². The molecule has 0 aromatic carbocycles. The quantitative estimate of drug-likeness (QED) is 0.447. The first-order valence-corrected chi connectivity index (χ1v) is 8.40. The average molecular weight is 438 g/mol. The van der Waals surface area contributed by atoms with E-state index in [0.717, 1.165) is 16.6 Å². The lowest BCUT2D eigenvalue weighted by atomic mass is 9.94. The van der Waals surface area contributed by atoms with Crippen molar-refractivity contribution in [3.63, 3.8) is 0 Å². The summed E-state index contributed by atoms with van der Waals surface area (Å²) in [7, 11) is 0.